The molecule has 0 amide bonds. The molecule has 1 aliphatic rings. The minimum atomic E-state index is 0.521. The first-order valence-electron chi connectivity index (χ1n) is 7.92. The van der Waals surface area contributed by atoms with Gasteiger partial charge in [-0.1, -0.05) is 19.9 Å². The van der Waals surface area contributed by atoms with Crippen molar-refractivity contribution in [3.63, 3.8) is 0 Å². The van der Waals surface area contributed by atoms with Crippen LogP contribution in [0.1, 0.15) is 50.3 Å². The van der Waals surface area contributed by atoms with Gasteiger partial charge in [0.15, 0.2) is 0 Å². The monoisotopic (exact) mass is 293 g/mol. The average molecular weight is 293 g/mol. The van der Waals surface area contributed by atoms with Gasteiger partial charge in [0.05, 0.1) is 6.61 Å². The SMILES string of the molecule is CCCNC1CCCc2ccc(OCCSCC)cc21. The van der Waals surface area contributed by atoms with Gasteiger partial charge in [-0.2, -0.15) is 11.8 Å². The number of ether oxygens (including phenoxy) is 1. The molecule has 0 saturated heterocycles. The number of hydrogen-bond acceptors (Lipinski definition) is 3. The number of hydrogen-bond donors (Lipinski definition) is 1. The van der Waals surface area contributed by atoms with Crippen LogP contribution in [0.4, 0.5) is 0 Å². The quantitative estimate of drug-likeness (QED) is 0.726. The van der Waals surface area contributed by atoms with Crippen molar-refractivity contribution in [2.45, 2.75) is 45.6 Å². The molecule has 112 valence electrons. The first-order valence-corrected chi connectivity index (χ1v) is 9.07. The summed E-state index contributed by atoms with van der Waals surface area (Å²) in [6.07, 6.45) is 4.95. The fourth-order valence-corrected chi connectivity index (χ4v) is 3.25. The van der Waals surface area contributed by atoms with Gasteiger partial charge in [-0.15, -0.1) is 0 Å². The van der Waals surface area contributed by atoms with Crippen LogP contribution in [-0.4, -0.2) is 24.7 Å². The van der Waals surface area contributed by atoms with Crippen molar-refractivity contribution in [1.29, 1.82) is 0 Å². The minimum Gasteiger partial charge on any atom is -0.493 e. The molecule has 1 atom stereocenters. The van der Waals surface area contributed by atoms with E-state index >= 15 is 0 Å². The van der Waals surface area contributed by atoms with Crippen LogP contribution in [0.5, 0.6) is 5.75 Å². The van der Waals surface area contributed by atoms with E-state index in [-0.39, 0.29) is 0 Å². The van der Waals surface area contributed by atoms with Crippen molar-refractivity contribution in [3.05, 3.63) is 29.3 Å². The van der Waals surface area contributed by atoms with Crippen LogP contribution >= 0.6 is 11.8 Å². The zero-order valence-corrected chi connectivity index (χ0v) is 13.6. The van der Waals surface area contributed by atoms with E-state index in [0.29, 0.717) is 6.04 Å². The van der Waals surface area contributed by atoms with E-state index in [9.17, 15) is 0 Å². The van der Waals surface area contributed by atoms with Crippen LogP contribution in [0.15, 0.2) is 18.2 Å². The molecule has 0 spiro atoms. The Hall–Kier alpha value is -0.670. The van der Waals surface area contributed by atoms with E-state index in [1.54, 1.807) is 0 Å². The fourth-order valence-electron chi connectivity index (χ4n) is 2.76. The van der Waals surface area contributed by atoms with Gasteiger partial charge in [0, 0.05) is 11.8 Å². The Labute approximate surface area is 127 Å². The zero-order chi connectivity index (χ0) is 14.2. The number of nitrogens with one attached hydrogen (secondary N) is 1. The average Bonchev–Trinajstić information content (AvgIpc) is 2.49. The Balaban J connectivity index is 1.99. The van der Waals surface area contributed by atoms with E-state index in [1.807, 2.05) is 11.8 Å². The summed E-state index contributed by atoms with van der Waals surface area (Å²) in [5.74, 6) is 3.27. The maximum atomic E-state index is 5.88. The van der Waals surface area contributed by atoms with Gasteiger partial charge < -0.3 is 10.1 Å². The second kappa shape index (κ2) is 8.58. The molecular weight excluding hydrogens is 266 g/mol. The zero-order valence-electron chi connectivity index (χ0n) is 12.8. The molecule has 1 aromatic rings. The number of fused-ring (bicyclic) bond motifs is 1. The van der Waals surface area contributed by atoms with Gasteiger partial charge in [-0.25, -0.2) is 0 Å². The number of thioether (sulfide) groups is 1. The van der Waals surface area contributed by atoms with Crippen LogP contribution in [-0.2, 0) is 6.42 Å². The molecule has 2 nitrogen and oxygen atoms in total. The fraction of sp³-hybridized carbons (Fsp3) is 0.647. The first kappa shape index (κ1) is 15.7. The Bertz CT molecular complexity index is 408. The Kier molecular flexibility index (Phi) is 6.74. The molecule has 1 N–H and O–H groups in total. The highest BCUT2D eigenvalue weighted by atomic mass is 32.2. The van der Waals surface area contributed by atoms with Gasteiger partial charge in [0.1, 0.15) is 5.75 Å². The molecule has 0 aromatic heterocycles. The third kappa shape index (κ3) is 4.42. The molecule has 0 aliphatic heterocycles. The van der Waals surface area contributed by atoms with Gasteiger partial charge >= 0.3 is 0 Å². The maximum absolute atomic E-state index is 5.88. The summed E-state index contributed by atoms with van der Waals surface area (Å²) in [4.78, 5) is 0. The van der Waals surface area contributed by atoms with E-state index < -0.39 is 0 Å². The summed E-state index contributed by atoms with van der Waals surface area (Å²) < 4.78 is 5.88. The summed E-state index contributed by atoms with van der Waals surface area (Å²) >= 11 is 1.93. The molecule has 3 heteroatoms. The Morgan fingerprint density at radius 3 is 3.05 bits per heavy atom. The molecular formula is C17H27NOS. The molecule has 1 aliphatic carbocycles. The van der Waals surface area contributed by atoms with Crippen LogP contribution in [0, 0.1) is 0 Å². The highest BCUT2D eigenvalue weighted by Gasteiger charge is 2.19. The lowest BCUT2D eigenvalue weighted by Gasteiger charge is -2.27. The predicted molar refractivity (Wildman–Crippen MR) is 88.9 cm³/mol. The van der Waals surface area contributed by atoms with Crippen LogP contribution < -0.4 is 10.1 Å². The lowest BCUT2D eigenvalue weighted by molar-refractivity contribution is 0.342. The van der Waals surface area contributed by atoms with Crippen LogP contribution in [0.2, 0.25) is 0 Å². The van der Waals surface area contributed by atoms with E-state index in [0.717, 1.165) is 30.4 Å². The predicted octanol–water partition coefficient (Wildman–Crippen LogP) is 4.20. The van der Waals surface area contributed by atoms with Crippen LogP contribution in [0.25, 0.3) is 0 Å². The topological polar surface area (TPSA) is 21.3 Å². The van der Waals surface area contributed by atoms with Gasteiger partial charge in [0.25, 0.3) is 0 Å². The summed E-state index contributed by atoms with van der Waals surface area (Å²) in [5.41, 5.74) is 2.96. The van der Waals surface area contributed by atoms with Gasteiger partial charge in [-0.05, 0) is 61.2 Å². The molecule has 0 radical (unpaired) electrons. The highest BCUT2D eigenvalue weighted by Crippen LogP contribution is 2.32. The van der Waals surface area contributed by atoms with Gasteiger partial charge in [-0.3, -0.25) is 0 Å². The minimum absolute atomic E-state index is 0.521. The lowest BCUT2D eigenvalue weighted by Crippen LogP contribution is -2.25. The van der Waals surface area contributed by atoms with Crippen molar-refractivity contribution < 1.29 is 4.74 Å². The van der Waals surface area contributed by atoms with E-state index in [1.165, 1.54) is 36.8 Å². The first-order chi connectivity index (χ1) is 9.85. The molecule has 0 saturated carbocycles. The maximum Gasteiger partial charge on any atom is 0.119 e. The number of rotatable bonds is 8. The normalized spacial score (nSPS) is 17.8. The van der Waals surface area contributed by atoms with Crippen molar-refractivity contribution in [2.24, 2.45) is 0 Å². The molecule has 0 bridgehead atoms. The van der Waals surface area contributed by atoms with Crippen molar-refractivity contribution >= 4 is 11.8 Å². The second-order valence-electron chi connectivity index (χ2n) is 5.30. The molecule has 1 unspecified atom stereocenters. The van der Waals surface area contributed by atoms with Crippen LogP contribution in [0.3, 0.4) is 0 Å². The molecule has 0 heterocycles. The standard InChI is InChI=1S/C17H27NOS/c1-3-10-18-17-7-5-6-14-8-9-15(13-16(14)17)19-11-12-20-4-2/h8-9,13,17-18H,3-7,10-12H2,1-2H3. The van der Waals surface area contributed by atoms with Crippen molar-refractivity contribution in [2.75, 3.05) is 24.7 Å². The molecule has 20 heavy (non-hydrogen) atoms. The lowest BCUT2D eigenvalue weighted by atomic mass is 9.87. The Morgan fingerprint density at radius 2 is 2.25 bits per heavy atom. The summed E-state index contributed by atoms with van der Waals surface area (Å²) in [5, 5.41) is 3.67. The molecule has 0 fully saturated rings. The Morgan fingerprint density at radius 1 is 1.35 bits per heavy atom. The van der Waals surface area contributed by atoms with Crippen molar-refractivity contribution in [3.8, 4) is 5.75 Å². The summed E-state index contributed by atoms with van der Waals surface area (Å²) in [6.45, 7) is 6.32. The highest BCUT2D eigenvalue weighted by molar-refractivity contribution is 7.99. The number of aryl methyl sites for hydroxylation is 1. The third-order valence-corrected chi connectivity index (χ3v) is 4.64. The van der Waals surface area contributed by atoms with E-state index in [2.05, 4.69) is 37.4 Å². The summed E-state index contributed by atoms with van der Waals surface area (Å²) in [7, 11) is 0. The number of benzene rings is 1. The van der Waals surface area contributed by atoms with Gasteiger partial charge in [0.2, 0.25) is 0 Å². The molecule has 1 aromatic carbocycles. The van der Waals surface area contributed by atoms with Crippen molar-refractivity contribution in [1.82, 2.24) is 5.32 Å². The third-order valence-electron chi connectivity index (χ3n) is 3.77. The second-order valence-corrected chi connectivity index (χ2v) is 6.70. The van der Waals surface area contributed by atoms with E-state index in [4.69, 9.17) is 4.74 Å². The molecule has 2 rings (SSSR count). The largest absolute Gasteiger partial charge is 0.493 e. The smallest absolute Gasteiger partial charge is 0.119 e. The summed E-state index contributed by atoms with van der Waals surface area (Å²) in [6, 6.07) is 7.18.